The molecule has 2 rings (SSSR count). The first-order valence-corrected chi connectivity index (χ1v) is 6.19. The van der Waals surface area contributed by atoms with Gasteiger partial charge >= 0.3 is 5.97 Å². The predicted molar refractivity (Wildman–Crippen MR) is 68.4 cm³/mol. The summed E-state index contributed by atoms with van der Waals surface area (Å²) < 4.78 is 23.4. The lowest BCUT2D eigenvalue weighted by molar-refractivity contribution is 0.0196. The average Bonchev–Trinajstić information content (AvgIpc) is 2.42. The Labute approximate surface area is 111 Å². The van der Waals surface area contributed by atoms with E-state index in [4.69, 9.17) is 15.2 Å². The normalized spacial score (nSPS) is 16.3. The number of carbonyl (C=O) groups is 1. The Kier molecular flexibility index (Phi) is 4.70. The molecule has 0 spiro atoms. The molecule has 0 radical (unpaired) electrons. The van der Waals surface area contributed by atoms with Gasteiger partial charge < -0.3 is 15.2 Å². The van der Waals surface area contributed by atoms with Gasteiger partial charge in [-0.25, -0.2) is 9.18 Å². The number of nitrogens with zero attached hydrogens (tertiary/aromatic N) is 1. The molecule has 1 aliphatic rings. The van der Waals surface area contributed by atoms with Crippen molar-refractivity contribution in [1.82, 2.24) is 4.90 Å². The van der Waals surface area contributed by atoms with Crippen molar-refractivity contribution < 1.29 is 18.7 Å². The molecule has 104 valence electrons. The Morgan fingerprint density at radius 2 is 2.16 bits per heavy atom. The molecular formula is C13H17FN2O3. The Bertz CT molecular complexity index is 448. The maximum Gasteiger partial charge on any atom is 0.340 e. The van der Waals surface area contributed by atoms with Crippen molar-refractivity contribution in [3.05, 3.63) is 29.6 Å². The molecule has 6 heteroatoms. The Morgan fingerprint density at radius 3 is 2.89 bits per heavy atom. The first-order valence-electron chi connectivity index (χ1n) is 6.19. The van der Waals surface area contributed by atoms with E-state index in [0.717, 1.165) is 19.2 Å². The van der Waals surface area contributed by atoms with Crippen molar-refractivity contribution in [3.63, 3.8) is 0 Å². The molecule has 0 aromatic heterocycles. The summed E-state index contributed by atoms with van der Waals surface area (Å²) in [5.74, 6) is -1.10. The zero-order valence-electron chi connectivity index (χ0n) is 10.6. The molecule has 1 saturated heterocycles. The molecule has 1 aromatic carbocycles. The number of esters is 1. The van der Waals surface area contributed by atoms with E-state index in [2.05, 4.69) is 4.90 Å². The van der Waals surface area contributed by atoms with Crippen LogP contribution in [-0.4, -0.2) is 50.3 Å². The van der Waals surface area contributed by atoms with Gasteiger partial charge in [-0.2, -0.15) is 0 Å². The molecular weight excluding hydrogens is 251 g/mol. The van der Waals surface area contributed by atoms with E-state index in [1.54, 1.807) is 0 Å². The number of morpholine rings is 1. The molecule has 1 aliphatic heterocycles. The lowest BCUT2D eigenvalue weighted by Crippen LogP contribution is -2.38. The number of nitrogens with two attached hydrogens (primary N) is 1. The van der Waals surface area contributed by atoms with Crippen LogP contribution in [-0.2, 0) is 9.47 Å². The van der Waals surface area contributed by atoms with Crippen LogP contribution in [0.25, 0.3) is 0 Å². The second kappa shape index (κ2) is 6.49. The van der Waals surface area contributed by atoms with Crippen molar-refractivity contribution in [2.24, 2.45) is 0 Å². The van der Waals surface area contributed by atoms with Gasteiger partial charge in [0.2, 0.25) is 0 Å². The predicted octanol–water partition coefficient (Wildman–Crippen LogP) is 0.897. The maximum absolute atomic E-state index is 13.0. The van der Waals surface area contributed by atoms with Gasteiger partial charge in [0.25, 0.3) is 0 Å². The number of rotatable bonds is 4. The van der Waals surface area contributed by atoms with Crippen molar-refractivity contribution in [2.75, 3.05) is 45.2 Å². The third-order valence-electron chi connectivity index (χ3n) is 2.98. The summed E-state index contributed by atoms with van der Waals surface area (Å²) in [6, 6.07) is 3.65. The Morgan fingerprint density at radius 1 is 1.42 bits per heavy atom. The van der Waals surface area contributed by atoms with Crippen LogP contribution in [0.3, 0.4) is 0 Å². The zero-order valence-corrected chi connectivity index (χ0v) is 10.6. The maximum atomic E-state index is 13.0. The molecule has 2 N–H and O–H groups in total. The van der Waals surface area contributed by atoms with Crippen LogP contribution in [0.1, 0.15) is 10.4 Å². The van der Waals surface area contributed by atoms with E-state index in [-0.39, 0.29) is 17.9 Å². The Hall–Kier alpha value is -1.66. The molecule has 0 unspecified atom stereocenters. The molecule has 0 atom stereocenters. The Balaban J connectivity index is 1.82. The van der Waals surface area contributed by atoms with Gasteiger partial charge in [-0.3, -0.25) is 4.90 Å². The van der Waals surface area contributed by atoms with E-state index < -0.39 is 11.8 Å². The minimum absolute atomic E-state index is 0.0713. The highest BCUT2D eigenvalue weighted by Gasteiger charge is 2.14. The van der Waals surface area contributed by atoms with E-state index in [9.17, 15) is 9.18 Å². The van der Waals surface area contributed by atoms with Gasteiger partial charge in [0.05, 0.1) is 18.8 Å². The van der Waals surface area contributed by atoms with Gasteiger partial charge in [-0.1, -0.05) is 0 Å². The number of benzene rings is 1. The summed E-state index contributed by atoms with van der Waals surface area (Å²) in [5, 5.41) is 0. The molecule has 0 amide bonds. The number of halogens is 1. The van der Waals surface area contributed by atoms with Crippen LogP contribution in [0.15, 0.2) is 18.2 Å². The van der Waals surface area contributed by atoms with E-state index in [1.807, 2.05) is 0 Å². The quantitative estimate of drug-likeness (QED) is 0.649. The summed E-state index contributed by atoms with van der Waals surface area (Å²) >= 11 is 0. The number of nitrogen functional groups attached to an aromatic ring is 1. The van der Waals surface area contributed by atoms with Crippen molar-refractivity contribution in [3.8, 4) is 0 Å². The number of carbonyl (C=O) groups excluding carboxylic acids is 1. The zero-order chi connectivity index (χ0) is 13.7. The smallest absolute Gasteiger partial charge is 0.340 e. The molecule has 19 heavy (non-hydrogen) atoms. The fourth-order valence-corrected chi connectivity index (χ4v) is 1.88. The minimum Gasteiger partial charge on any atom is -0.461 e. The molecule has 5 nitrogen and oxygen atoms in total. The molecule has 1 aromatic rings. The van der Waals surface area contributed by atoms with E-state index >= 15 is 0 Å². The molecule has 0 aliphatic carbocycles. The summed E-state index contributed by atoms with van der Waals surface area (Å²) in [7, 11) is 0. The summed E-state index contributed by atoms with van der Waals surface area (Å²) in [6.07, 6.45) is 0. The highest BCUT2D eigenvalue weighted by atomic mass is 19.1. The van der Waals surface area contributed by atoms with Gasteiger partial charge in [0.15, 0.2) is 0 Å². The first kappa shape index (κ1) is 13.8. The van der Waals surface area contributed by atoms with Crippen LogP contribution in [0.4, 0.5) is 10.1 Å². The van der Waals surface area contributed by atoms with Crippen LogP contribution < -0.4 is 5.73 Å². The highest BCUT2D eigenvalue weighted by molar-refractivity contribution is 5.95. The van der Waals surface area contributed by atoms with Crippen molar-refractivity contribution >= 4 is 11.7 Å². The minimum atomic E-state index is -0.592. The summed E-state index contributed by atoms with van der Waals surface area (Å²) in [4.78, 5) is 13.9. The van der Waals surface area contributed by atoms with Gasteiger partial charge in [-0.05, 0) is 18.2 Å². The molecule has 0 saturated carbocycles. The summed E-state index contributed by atoms with van der Waals surface area (Å²) in [5.41, 5.74) is 5.90. The SMILES string of the molecule is Nc1ccc(F)cc1C(=O)OCCN1CCOCC1. The third-order valence-corrected chi connectivity index (χ3v) is 2.98. The lowest BCUT2D eigenvalue weighted by atomic mass is 10.2. The van der Waals surface area contributed by atoms with Gasteiger partial charge in [-0.15, -0.1) is 0 Å². The first-order chi connectivity index (χ1) is 9.16. The number of ether oxygens (including phenoxy) is 2. The second-order valence-corrected chi connectivity index (χ2v) is 4.32. The fourth-order valence-electron chi connectivity index (χ4n) is 1.88. The third kappa shape index (κ3) is 3.90. The van der Waals surface area contributed by atoms with E-state index in [1.165, 1.54) is 12.1 Å². The number of anilines is 1. The molecule has 0 bridgehead atoms. The second-order valence-electron chi connectivity index (χ2n) is 4.32. The number of hydrogen-bond acceptors (Lipinski definition) is 5. The lowest BCUT2D eigenvalue weighted by Gasteiger charge is -2.26. The fraction of sp³-hybridized carbons (Fsp3) is 0.462. The van der Waals surface area contributed by atoms with Crippen LogP contribution in [0.5, 0.6) is 0 Å². The van der Waals surface area contributed by atoms with Crippen LogP contribution >= 0.6 is 0 Å². The van der Waals surface area contributed by atoms with Crippen LogP contribution in [0, 0.1) is 5.82 Å². The van der Waals surface area contributed by atoms with Crippen molar-refractivity contribution in [1.29, 1.82) is 0 Å². The van der Waals surface area contributed by atoms with Gasteiger partial charge in [0.1, 0.15) is 12.4 Å². The standard InChI is InChI=1S/C13H17FN2O3/c14-10-1-2-12(15)11(9-10)13(17)19-8-5-16-3-6-18-7-4-16/h1-2,9H,3-8,15H2. The topological polar surface area (TPSA) is 64.8 Å². The van der Waals surface area contributed by atoms with Crippen molar-refractivity contribution in [2.45, 2.75) is 0 Å². The van der Waals surface area contributed by atoms with E-state index in [0.29, 0.717) is 19.8 Å². The molecule has 1 fully saturated rings. The van der Waals surface area contributed by atoms with Crippen LogP contribution in [0.2, 0.25) is 0 Å². The molecule has 1 heterocycles. The average molecular weight is 268 g/mol. The monoisotopic (exact) mass is 268 g/mol. The van der Waals surface area contributed by atoms with Gasteiger partial charge in [0, 0.05) is 25.3 Å². The highest BCUT2D eigenvalue weighted by Crippen LogP contribution is 2.14. The summed E-state index contributed by atoms with van der Waals surface area (Å²) in [6.45, 7) is 3.97. The largest absolute Gasteiger partial charge is 0.461 e. The number of hydrogen-bond donors (Lipinski definition) is 1.